The molecule has 0 aromatic carbocycles. The van der Waals surface area contributed by atoms with Crippen LogP contribution in [-0.2, 0) is 0 Å². The molecule has 15 heavy (non-hydrogen) atoms. The lowest BCUT2D eigenvalue weighted by atomic mass is 10.4. The van der Waals surface area contributed by atoms with Gasteiger partial charge in [-0.1, -0.05) is 0 Å². The maximum atomic E-state index is 12.4. The molecular weight excluding hydrogens is 223 g/mol. The van der Waals surface area contributed by atoms with Crippen LogP contribution in [0.1, 0.15) is 0 Å². The first-order chi connectivity index (χ1) is 6.92. The van der Waals surface area contributed by atoms with E-state index in [-0.39, 0.29) is 0 Å². The number of alkyl halides is 4. The zero-order chi connectivity index (χ0) is 11.5. The van der Waals surface area contributed by atoms with Gasteiger partial charge in [0.25, 0.3) is 0 Å². The Morgan fingerprint density at radius 3 is 2.53 bits per heavy atom. The Balaban J connectivity index is 2.57. The third kappa shape index (κ3) is 3.30. The molecule has 0 aliphatic rings. The summed E-state index contributed by atoms with van der Waals surface area (Å²) in [5.74, 6) is -5.82. The Bertz CT molecular complexity index is 333. The molecule has 3 nitrogen and oxygen atoms in total. The quantitative estimate of drug-likeness (QED) is 0.583. The maximum absolute atomic E-state index is 12.4. The summed E-state index contributed by atoms with van der Waals surface area (Å²) in [4.78, 5) is 6.28. The van der Waals surface area contributed by atoms with Crippen LogP contribution < -0.4 is 4.74 Å². The van der Waals surface area contributed by atoms with E-state index in [1.807, 2.05) is 0 Å². The highest BCUT2D eigenvalue weighted by atomic mass is 19.3. The zero-order valence-corrected chi connectivity index (χ0v) is 7.13. The SMILES string of the molecule is Fc1cc(OCC(F)(F)C(F)F)ncn1. The van der Waals surface area contributed by atoms with Crippen LogP contribution in [0.25, 0.3) is 0 Å². The molecule has 84 valence electrons. The summed E-state index contributed by atoms with van der Waals surface area (Å²) in [7, 11) is 0. The second kappa shape index (κ2) is 4.37. The predicted molar refractivity (Wildman–Crippen MR) is 38.4 cm³/mol. The van der Waals surface area contributed by atoms with E-state index in [9.17, 15) is 22.0 Å². The second-order valence-corrected chi connectivity index (χ2v) is 2.53. The van der Waals surface area contributed by atoms with Gasteiger partial charge in [-0.25, -0.2) is 18.7 Å². The first-order valence-corrected chi connectivity index (χ1v) is 3.68. The van der Waals surface area contributed by atoms with E-state index in [1.54, 1.807) is 0 Å². The molecule has 1 aromatic rings. The van der Waals surface area contributed by atoms with Crippen molar-refractivity contribution >= 4 is 0 Å². The lowest BCUT2D eigenvalue weighted by molar-refractivity contribution is -0.148. The van der Waals surface area contributed by atoms with Crippen LogP contribution >= 0.6 is 0 Å². The number of hydrogen-bond acceptors (Lipinski definition) is 3. The average molecular weight is 228 g/mol. The van der Waals surface area contributed by atoms with Crippen LogP contribution in [-0.4, -0.2) is 28.9 Å². The number of halogens is 5. The maximum Gasteiger partial charge on any atom is 0.340 e. The van der Waals surface area contributed by atoms with E-state index in [2.05, 4.69) is 14.7 Å². The smallest absolute Gasteiger partial charge is 0.340 e. The minimum absolute atomic E-state index is 0.525. The molecule has 8 heteroatoms. The van der Waals surface area contributed by atoms with Crippen molar-refractivity contribution < 1.29 is 26.7 Å². The number of hydrogen-bond donors (Lipinski definition) is 0. The number of ether oxygens (including phenoxy) is 1. The zero-order valence-electron chi connectivity index (χ0n) is 7.13. The highest BCUT2D eigenvalue weighted by Gasteiger charge is 2.41. The molecule has 0 saturated heterocycles. The van der Waals surface area contributed by atoms with E-state index >= 15 is 0 Å². The molecule has 0 spiro atoms. The molecule has 1 aromatic heterocycles. The summed E-state index contributed by atoms with van der Waals surface area (Å²) in [6.07, 6.45) is -3.12. The van der Waals surface area contributed by atoms with Crippen molar-refractivity contribution in [3.05, 3.63) is 18.3 Å². The molecule has 0 fully saturated rings. The van der Waals surface area contributed by atoms with Crippen molar-refractivity contribution in [3.8, 4) is 5.88 Å². The summed E-state index contributed by atoms with van der Waals surface area (Å²) >= 11 is 0. The van der Waals surface area contributed by atoms with Crippen molar-refractivity contribution in [3.63, 3.8) is 0 Å². The predicted octanol–water partition coefficient (Wildman–Crippen LogP) is 1.89. The van der Waals surface area contributed by atoms with E-state index < -0.39 is 30.8 Å². The monoisotopic (exact) mass is 228 g/mol. The molecule has 0 unspecified atom stereocenters. The van der Waals surface area contributed by atoms with Gasteiger partial charge in [-0.05, 0) is 0 Å². The number of rotatable bonds is 4. The summed E-state index contributed by atoms with van der Waals surface area (Å²) < 4.78 is 64.5. The minimum atomic E-state index is -4.29. The third-order valence-electron chi connectivity index (χ3n) is 1.34. The van der Waals surface area contributed by atoms with Crippen molar-refractivity contribution in [2.24, 2.45) is 0 Å². The molecule has 0 radical (unpaired) electrons. The van der Waals surface area contributed by atoms with Crippen molar-refractivity contribution in [1.82, 2.24) is 9.97 Å². The minimum Gasteiger partial charge on any atom is -0.471 e. The summed E-state index contributed by atoms with van der Waals surface area (Å²) in [5, 5.41) is 0. The van der Waals surface area contributed by atoms with Crippen LogP contribution in [0.2, 0.25) is 0 Å². The standard InChI is InChI=1S/C7H5F5N2O/c8-4-1-5(14-3-13-4)15-2-7(11,12)6(9)10/h1,3,6H,2H2. The number of nitrogens with zero attached hydrogens (tertiary/aromatic N) is 2. The largest absolute Gasteiger partial charge is 0.471 e. The summed E-state index contributed by atoms with van der Waals surface area (Å²) in [6, 6.07) is 0.613. The highest BCUT2D eigenvalue weighted by molar-refractivity contribution is 5.06. The Morgan fingerprint density at radius 1 is 1.33 bits per heavy atom. The van der Waals surface area contributed by atoms with Crippen LogP contribution in [0.3, 0.4) is 0 Å². The van der Waals surface area contributed by atoms with Gasteiger partial charge in [0.2, 0.25) is 11.8 Å². The molecule has 1 rings (SSSR count). The molecular formula is C7H5F5N2O. The van der Waals surface area contributed by atoms with Crippen molar-refractivity contribution in [2.45, 2.75) is 12.3 Å². The fraction of sp³-hybridized carbons (Fsp3) is 0.429. The normalized spacial score (nSPS) is 11.9. The Morgan fingerprint density at radius 2 is 2.00 bits per heavy atom. The summed E-state index contributed by atoms with van der Waals surface area (Å²) in [5.41, 5.74) is 0. The van der Waals surface area contributed by atoms with Crippen LogP contribution in [0, 0.1) is 5.95 Å². The molecule has 0 saturated carbocycles. The lowest BCUT2D eigenvalue weighted by Gasteiger charge is -2.14. The van der Waals surface area contributed by atoms with Crippen molar-refractivity contribution in [2.75, 3.05) is 6.61 Å². The summed E-state index contributed by atoms with van der Waals surface area (Å²) in [6.45, 7) is -1.57. The van der Waals surface area contributed by atoms with Gasteiger partial charge < -0.3 is 4.74 Å². The second-order valence-electron chi connectivity index (χ2n) is 2.53. The van der Waals surface area contributed by atoms with E-state index in [1.165, 1.54) is 0 Å². The highest BCUT2D eigenvalue weighted by Crippen LogP contribution is 2.23. The van der Waals surface area contributed by atoms with Gasteiger partial charge in [-0.2, -0.15) is 13.2 Å². The van der Waals surface area contributed by atoms with Crippen LogP contribution in [0.15, 0.2) is 12.4 Å². The van der Waals surface area contributed by atoms with E-state index in [0.29, 0.717) is 6.07 Å². The van der Waals surface area contributed by atoms with Crippen LogP contribution in [0.4, 0.5) is 22.0 Å². The Hall–Kier alpha value is -1.47. The molecule has 1 heterocycles. The molecule has 0 aliphatic carbocycles. The van der Waals surface area contributed by atoms with E-state index in [4.69, 9.17) is 0 Å². The molecule has 0 aliphatic heterocycles. The first-order valence-electron chi connectivity index (χ1n) is 3.68. The number of aromatic nitrogens is 2. The molecule has 0 bridgehead atoms. The van der Waals surface area contributed by atoms with Gasteiger partial charge in [-0.15, -0.1) is 0 Å². The van der Waals surface area contributed by atoms with Crippen molar-refractivity contribution in [1.29, 1.82) is 0 Å². The Labute approximate surface area is 80.9 Å². The fourth-order valence-electron chi connectivity index (χ4n) is 0.629. The lowest BCUT2D eigenvalue weighted by Crippen LogP contribution is -2.33. The van der Waals surface area contributed by atoms with Gasteiger partial charge in [0.05, 0.1) is 6.07 Å². The fourth-order valence-corrected chi connectivity index (χ4v) is 0.629. The Kier molecular flexibility index (Phi) is 3.38. The molecule has 0 N–H and O–H groups in total. The van der Waals surface area contributed by atoms with Gasteiger partial charge in [-0.3, -0.25) is 0 Å². The van der Waals surface area contributed by atoms with Gasteiger partial charge in [0.15, 0.2) is 6.61 Å². The van der Waals surface area contributed by atoms with E-state index in [0.717, 1.165) is 6.33 Å². The molecule has 0 amide bonds. The van der Waals surface area contributed by atoms with Gasteiger partial charge >= 0.3 is 12.3 Å². The van der Waals surface area contributed by atoms with Gasteiger partial charge in [0, 0.05) is 0 Å². The third-order valence-corrected chi connectivity index (χ3v) is 1.34. The average Bonchev–Trinajstić information content (AvgIpc) is 2.15. The van der Waals surface area contributed by atoms with Gasteiger partial charge in [0.1, 0.15) is 6.33 Å². The first kappa shape index (κ1) is 11.6. The topological polar surface area (TPSA) is 35.0 Å². The molecule has 0 atom stereocenters. The van der Waals surface area contributed by atoms with Crippen LogP contribution in [0.5, 0.6) is 5.88 Å².